The third-order valence-corrected chi connectivity index (χ3v) is 6.17. The van der Waals surface area contributed by atoms with E-state index < -0.39 is 5.82 Å². The van der Waals surface area contributed by atoms with E-state index in [0.29, 0.717) is 17.2 Å². The molecule has 1 aromatic carbocycles. The molecule has 0 saturated heterocycles. The lowest BCUT2D eigenvalue weighted by molar-refractivity contribution is 0.0949. The Hall–Kier alpha value is -2.63. The first-order valence-electron chi connectivity index (χ1n) is 10.9. The van der Waals surface area contributed by atoms with E-state index in [0.717, 1.165) is 41.9 Å². The summed E-state index contributed by atoms with van der Waals surface area (Å²) in [5.41, 5.74) is 3.79. The van der Waals surface area contributed by atoms with Gasteiger partial charge < -0.3 is 15.2 Å². The third kappa shape index (κ3) is 4.74. The molecule has 0 aliphatic heterocycles. The highest BCUT2D eigenvalue weighted by Gasteiger charge is 2.24. The summed E-state index contributed by atoms with van der Waals surface area (Å²) in [5.74, 6) is -0.785. The van der Waals surface area contributed by atoms with Gasteiger partial charge in [-0.15, -0.1) is 0 Å². The summed E-state index contributed by atoms with van der Waals surface area (Å²) in [5, 5.41) is 2.80. The van der Waals surface area contributed by atoms with Crippen molar-refractivity contribution in [3.05, 3.63) is 62.3 Å². The highest BCUT2D eigenvalue weighted by Crippen LogP contribution is 2.31. The third-order valence-electron chi connectivity index (χ3n) is 6.17. The van der Waals surface area contributed by atoms with Crippen molar-refractivity contribution in [3.63, 3.8) is 0 Å². The van der Waals surface area contributed by atoms with Crippen LogP contribution < -0.4 is 15.8 Å². The van der Waals surface area contributed by atoms with Gasteiger partial charge in [-0.1, -0.05) is 19.3 Å². The number of amides is 1. The highest BCUT2D eigenvalue weighted by molar-refractivity contribution is 5.97. The van der Waals surface area contributed by atoms with E-state index in [2.05, 4.69) is 22.1 Å². The molecule has 0 atom stereocenters. The molecule has 1 aliphatic carbocycles. The molecule has 1 fully saturated rings. The fourth-order valence-corrected chi connectivity index (χ4v) is 4.58. The number of halogens is 1. The van der Waals surface area contributed by atoms with E-state index in [9.17, 15) is 14.0 Å². The first kappa shape index (κ1) is 22.1. The molecule has 0 spiro atoms. The van der Waals surface area contributed by atoms with Crippen LogP contribution in [-0.2, 0) is 6.54 Å². The molecular formula is C24H32FN3O2. The zero-order valence-corrected chi connectivity index (χ0v) is 18.4. The van der Waals surface area contributed by atoms with Crippen molar-refractivity contribution in [2.24, 2.45) is 0 Å². The van der Waals surface area contributed by atoms with E-state index in [1.54, 1.807) is 6.07 Å². The van der Waals surface area contributed by atoms with E-state index in [-0.39, 0.29) is 18.0 Å². The van der Waals surface area contributed by atoms with Gasteiger partial charge in [0.2, 0.25) is 0 Å². The number of carbonyl (C=O) groups is 1. The molecule has 1 saturated carbocycles. The summed E-state index contributed by atoms with van der Waals surface area (Å²) in [4.78, 5) is 30.1. The van der Waals surface area contributed by atoms with Gasteiger partial charge in [-0.2, -0.15) is 0 Å². The molecule has 162 valence electrons. The SMILES string of the molecule is CCN(c1cc(F)cc(C(=O)NCc2c(C)cc(C)[nH]c2=O)c1C)C1CCCCC1. The second kappa shape index (κ2) is 9.45. The van der Waals surface area contributed by atoms with Crippen LogP contribution >= 0.6 is 0 Å². The highest BCUT2D eigenvalue weighted by atomic mass is 19.1. The molecule has 1 amide bonds. The molecule has 30 heavy (non-hydrogen) atoms. The average molecular weight is 414 g/mol. The van der Waals surface area contributed by atoms with Crippen LogP contribution in [0.15, 0.2) is 23.0 Å². The molecule has 1 aliphatic rings. The van der Waals surface area contributed by atoms with Gasteiger partial charge in [-0.05, 0) is 69.9 Å². The maximum absolute atomic E-state index is 14.5. The quantitative estimate of drug-likeness (QED) is 0.731. The Morgan fingerprint density at radius 2 is 1.87 bits per heavy atom. The minimum atomic E-state index is -0.417. The van der Waals surface area contributed by atoms with Crippen molar-refractivity contribution in [3.8, 4) is 0 Å². The van der Waals surface area contributed by atoms with Crippen LogP contribution in [0, 0.1) is 26.6 Å². The minimum Gasteiger partial charge on any atom is -0.369 e. The zero-order valence-electron chi connectivity index (χ0n) is 18.4. The molecule has 3 rings (SSSR count). The Morgan fingerprint density at radius 3 is 2.50 bits per heavy atom. The molecule has 5 nitrogen and oxygen atoms in total. The van der Waals surface area contributed by atoms with Crippen molar-refractivity contribution >= 4 is 11.6 Å². The summed E-state index contributed by atoms with van der Waals surface area (Å²) in [6.45, 7) is 8.49. The number of nitrogens with one attached hydrogen (secondary N) is 2. The summed E-state index contributed by atoms with van der Waals surface area (Å²) in [7, 11) is 0. The maximum Gasteiger partial charge on any atom is 0.253 e. The number of aromatic nitrogens is 1. The molecule has 0 unspecified atom stereocenters. The van der Waals surface area contributed by atoms with E-state index in [1.807, 2.05) is 26.8 Å². The summed E-state index contributed by atoms with van der Waals surface area (Å²) in [6, 6.07) is 5.08. The fraction of sp³-hybridized carbons (Fsp3) is 0.500. The van der Waals surface area contributed by atoms with Crippen molar-refractivity contribution in [1.82, 2.24) is 10.3 Å². The van der Waals surface area contributed by atoms with Crippen LogP contribution in [0.5, 0.6) is 0 Å². The summed E-state index contributed by atoms with van der Waals surface area (Å²) in [6.07, 6.45) is 5.82. The van der Waals surface area contributed by atoms with Crippen LogP contribution in [-0.4, -0.2) is 23.5 Å². The van der Waals surface area contributed by atoms with E-state index >= 15 is 0 Å². The largest absolute Gasteiger partial charge is 0.369 e. The van der Waals surface area contributed by atoms with Gasteiger partial charge >= 0.3 is 0 Å². The van der Waals surface area contributed by atoms with Gasteiger partial charge in [0.1, 0.15) is 5.82 Å². The molecule has 1 aromatic heterocycles. The van der Waals surface area contributed by atoms with Crippen molar-refractivity contribution in [1.29, 1.82) is 0 Å². The number of H-pyrrole nitrogens is 1. The number of anilines is 1. The normalized spacial score (nSPS) is 14.6. The second-order valence-electron chi connectivity index (χ2n) is 8.30. The van der Waals surface area contributed by atoms with Crippen LogP contribution in [0.3, 0.4) is 0 Å². The molecular weight excluding hydrogens is 381 g/mol. The van der Waals surface area contributed by atoms with Gasteiger partial charge in [0, 0.05) is 41.6 Å². The van der Waals surface area contributed by atoms with Gasteiger partial charge in [-0.3, -0.25) is 9.59 Å². The smallest absolute Gasteiger partial charge is 0.253 e. The molecule has 6 heteroatoms. The topological polar surface area (TPSA) is 65.2 Å². The number of aromatic amines is 1. The van der Waals surface area contributed by atoms with Crippen LogP contribution in [0.1, 0.15) is 71.8 Å². The van der Waals surface area contributed by atoms with Gasteiger partial charge in [-0.25, -0.2) is 4.39 Å². The first-order valence-corrected chi connectivity index (χ1v) is 10.9. The average Bonchev–Trinajstić information content (AvgIpc) is 2.70. The number of aryl methyl sites for hydroxylation is 2. The first-order chi connectivity index (χ1) is 14.3. The summed E-state index contributed by atoms with van der Waals surface area (Å²) >= 11 is 0. The number of nitrogens with zero attached hydrogens (tertiary/aromatic N) is 1. The standard InChI is InChI=1S/C24H32FN3O2/c1-5-28(19-9-7-6-8-10-19)22-13-18(25)12-20(17(22)4)23(29)26-14-21-15(2)11-16(3)27-24(21)30/h11-13,19H,5-10,14H2,1-4H3,(H,26,29)(H,27,30). The van der Waals surface area contributed by atoms with Gasteiger partial charge in [0.15, 0.2) is 0 Å². The lowest BCUT2D eigenvalue weighted by atomic mass is 9.93. The Bertz CT molecular complexity index is 977. The number of hydrogen-bond acceptors (Lipinski definition) is 3. The Kier molecular flexibility index (Phi) is 6.95. The number of benzene rings is 1. The Labute approximate surface area is 177 Å². The van der Waals surface area contributed by atoms with E-state index in [1.165, 1.54) is 25.3 Å². The minimum absolute atomic E-state index is 0.103. The molecule has 0 bridgehead atoms. The monoisotopic (exact) mass is 413 g/mol. The van der Waals surface area contributed by atoms with Gasteiger partial charge in [0.05, 0.1) is 0 Å². The van der Waals surface area contributed by atoms with Crippen LogP contribution in [0.4, 0.5) is 10.1 Å². The van der Waals surface area contributed by atoms with E-state index in [4.69, 9.17) is 0 Å². The maximum atomic E-state index is 14.5. The number of hydrogen-bond donors (Lipinski definition) is 2. The van der Waals surface area contributed by atoms with Crippen molar-refractivity contribution in [2.45, 2.75) is 72.4 Å². The lowest BCUT2D eigenvalue weighted by Gasteiger charge is -2.36. The number of pyridine rings is 1. The Balaban J connectivity index is 1.85. The molecule has 2 aromatic rings. The predicted octanol–water partition coefficient (Wildman–Crippen LogP) is 4.53. The fourth-order valence-electron chi connectivity index (χ4n) is 4.58. The van der Waals surface area contributed by atoms with Gasteiger partial charge in [0.25, 0.3) is 11.5 Å². The zero-order chi connectivity index (χ0) is 21.8. The molecule has 0 radical (unpaired) electrons. The van der Waals surface area contributed by atoms with Crippen molar-refractivity contribution in [2.75, 3.05) is 11.4 Å². The van der Waals surface area contributed by atoms with Crippen molar-refractivity contribution < 1.29 is 9.18 Å². The molecule has 1 heterocycles. The summed E-state index contributed by atoms with van der Waals surface area (Å²) < 4.78 is 14.5. The number of rotatable bonds is 6. The van der Waals surface area contributed by atoms with Crippen LogP contribution in [0.25, 0.3) is 0 Å². The van der Waals surface area contributed by atoms with Crippen LogP contribution in [0.2, 0.25) is 0 Å². The number of carbonyl (C=O) groups excluding carboxylic acids is 1. The second-order valence-corrected chi connectivity index (χ2v) is 8.30. The molecule has 2 N–H and O–H groups in total. The lowest BCUT2D eigenvalue weighted by Crippen LogP contribution is -2.37. The Morgan fingerprint density at radius 1 is 1.17 bits per heavy atom. The predicted molar refractivity (Wildman–Crippen MR) is 119 cm³/mol.